The minimum absolute atomic E-state index is 0.00000777. The van der Waals surface area contributed by atoms with Crippen molar-refractivity contribution in [1.29, 1.82) is 0 Å². The molecule has 1 atom stereocenters. The Balaban J connectivity index is 1.41. The van der Waals surface area contributed by atoms with Crippen molar-refractivity contribution in [3.8, 4) is 0 Å². The largest absolute Gasteiger partial charge is 0.338 e. The molecule has 0 saturated carbocycles. The molecule has 0 spiro atoms. The van der Waals surface area contributed by atoms with E-state index < -0.39 is 10.0 Å². The first-order valence-electron chi connectivity index (χ1n) is 10.4. The summed E-state index contributed by atoms with van der Waals surface area (Å²) in [5.74, 6) is 0.483. The minimum atomic E-state index is -3.50. The summed E-state index contributed by atoms with van der Waals surface area (Å²) >= 11 is 0. The lowest BCUT2D eigenvalue weighted by atomic mass is 9.81. The van der Waals surface area contributed by atoms with Crippen LogP contribution >= 0.6 is 0 Å². The average molecular weight is 417 g/mol. The van der Waals surface area contributed by atoms with Crippen molar-refractivity contribution in [2.75, 3.05) is 19.6 Å². The molecule has 1 aromatic heterocycles. The molecule has 3 heterocycles. The molecule has 29 heavy (non-hydrogen) atoms. The standard InChI is InChI=1S/C21H28N4O3S/c26-21-20(8-4-5-11-24(21)16-17-6-2-1-3-7-17)18-9-12-25(13-10-18)29(27,28)19-14-22-23-15-19/h1-3,6-7,14-15,18,20H,4-5,8-13,16H2,(H,22,23)/t20-/m0/s1. The molecule has 156 valence electrons. The summed E-state index contributed by atoms with van der Waals surface area (Å²) in [4.78, 5) is 15.5. The Morgan fingerprint density at radius 3 is 2.48 bits per heavy atom. The Morgan fingerprint density at radius 2 is 1.79 bits per heavy atom. The zero-order valence-electron chi connectivity index (χ0n) is 16.5. The molecular formula is C21H28N4O3S. The van der Waals surface area contributed by atoms with E-state index in [1.807, 2.05) is 23.1 Å². The zero-order chi connectivity index (χ0) is 20.3. The molecule has 1 aromatic carbocycles. The van der Waals surface area contributed by atoms with Gasteiger partial charge in [-0.15, -0.1) is 0 Å². The van der Waals surface area contributed by atoms with Crippen LogP contribution in [0.25, 0.3) is 0 Å². The van der Waals surface area contributed by atoms with Gasteiger partial charge in [0.1, 0.15) is 4.90 Å². The number of aromatic amines is 1. The van der Waals surface area contributed by atoms with Crippen LogP contribution in [0.5, 0.6) is 0 Å². The molecule has 0 aliphatic carbocycles. The van der Waals surface area contributed by atoms with E-state index in [9.17, 15) is 13.2 Å². The summed E-state index contributed by atoms with van der Waals surface area (Å²) in [6.45, 7) is 2.38. The summed E-state index contributed by atoms with van der Waals surface area (Å²) in [6.07, 6.45) is 7.20. The highest BCUT2D eigenvalue weighted by Gasteiger charge is 2.37. The predicted octanol–water partition coefficient (Wildman–Crippen LogP) is 2.64. The number of carbonyl (C=O) groups excluding carboxylic acids is 1. The molecule has 0 bridgehead atoms. The van der Waals surface area contributed by atoms with E-state index in [-0.39, 0.29) is 22.6 Å². The second-order valence-corrected chi connectivity index (χ2v) is 9.96. The number of nitrogens with one attached hydrogen (secondary N) is 1. The van der Waals surface area contributed by atoms with E-state index in [1.54, 1.807) is 0 Å². The van der Waals surface area contributed by atoms with Gasteiger partial charge in [-0.25, -0.2) is 8.42 Å². The molecule has 0 unspecified atom stereocenters. The third kappa shape index (κ3) is 4.38. The van der Waals surface area contributed by atoms with E-state index in [1.165, 1.54) is 16.7 Å². The molecule has 0 radical (unpaired) electrons. The van der Waals surface area contributed by atoms with Gasteiger partial charge in [-0.05, 0) is 37.2 Å². The third-order valence-corrected chi connectivity index (χ3v) is 8.08. The Morgan fingerprint density at radius 1 is 1.03 bits per heavy atom. The van der Waals surface area contributed by atoms with Crippen molar-refractivity contribution in [3.05, 3.63) is 48.3 Å². The van der Waals surface area contributed by atoms with Crippen molar-refractivity contribution >= 4 is 15.9 Å². The van der Waals surface area contributed by atoms with E-state index in [2.05, 4.69) is 22.3 Å². The van der Waals surface area contributed by atoms with Crippen molar-refractivity contribution in [2.45, 2.75) is 43.5 Å². The van der Waals surface area contributed by atoms with E-state index in [4.69, 9.17) is 0 Å². The average Bonchev–Trinajstić information content (AvgIpc) is 3.23. The number of sulfonamides is 1. The number of rotatable bonds is 5. The maximum atomic E-state index is 13.3. The van der Waals surface area contributed by atoms with Crippen LogP contribution in [-0.2, 0) is 21.4 Å². The summed E-state index contributed by atoms with van der Waals surface area (Å²) in [5, 5.41) is 6.32. The van der Waals surface area contributed by atoms with Crippen LogP contribution in [0.4, 0.5) is 0 Å². The number of H-pyrrole nitrogens is 1. The van der Waals surface area contributed by atoms with Gasteiger partial charge in [0.05, 0.1) is 6.20 Å². The van der Waals surface area contributed by atoms with E-state index in [0.29, 0.717) is 19.6 Å². The van der Waals surface area contributed by atoms with Crippen LogP contribution in [0.1, 0.15) is 37.7 Å². The second-order valence-electron chi connectivity index (χ2n) is 8.02. The first kappa shape index (κ1) is 20.1. The number of piperidine rings is 1. The summed E-state index contributed by atoms with van der Waals surface area (Å²) in [5.41, 5.74) is 1.16. The fourth-order valence-corrected chi connectivity index (χ4v) is 5.96. The minimum Gasteiger partial charge on any atom is -0.338 e. The number of hydrogen-bond acceptors (Lipinski definition) is 4. The maximum Gasteiger partial charge on any atom is 0.246 e. The second kappa shape index (κ2) is 8.67. The quantitative estimate of drug-likeness (QED) is 0.812. The molecule has 1 amide bonds. The highest BCUT2D eigenvalue weighted by Crippen LogP contribution is 2.34. The van der Waals surface area contributed by atoms with Gasteiger partial charge >= 0.3 is 0 Å². The van der Waals surface area contributed by atoms with Crippen molar-refractivity contribution in [3.63, 3.8) is 0 Å². The Kier molecular flexibility index (Phi) is 6.01. The van der Waals surface area contributed by atoms with Gasteiger partial charge in [0, 0.05) is 38.3 Å². The molecular weight excluding hydrogens is 388 g/mol. The molecule has 8 heteroatoms. The molecule has 2 aliphatic rings. The van der Waals surface area contributed by atoms with Gasteiger partial charge in [-0.1, -0.05) is 36.8 Å². The van der Waals surface area contributed by atoms with Crippen LogP contribution in [0.2, 0.25) is 0 Å². The number of nitrogens with zero attached hydrogens (tertiary/aromatic N) is 3. The fourth-order valence-electron chi connectivity index (χ4n) is 4.58. The van der Waals surface area contributed by atoms with Crippen molar-refractivity contribution < 1.29 is 13.2 Å². The van der Waals surface area contributed by atoms with Gasteiger partial charge in [-0.3, -0.25) is 9.89 Å². The lowest BCUT2D eigenvalue weighted by molar-refractivity contribution is -0.137. The maximum absolute atomic E-state index is 13.3. The normalized spacial score (nSPS) is 22.6. The van der Waals surface area contributed by atoms with Gasteiger partial charge in [0.2, 0.25) is 15.9 Å². The number of benzene rings is 1. The SMILES string of the molecule is O=C1[C@H](C2CCN(S(=O)(=O)c3cn[nH]c3)CC2)CCCCN1Cc1ccccc1. The molecule has 1 N–H and O–H groups in total. The van der Waals surface area contributed by atoms with Crippen LogP contribution in [-0.4, -0.2) is 53.4 Å². The highest BCUT2D eigenvalue weighted by atomic mass is 32.2. The molecule has 2 aliphatic heterocycles. The first-order chi connectivity index (χ1) is 14.1. The highest BCUT2D eigenvalue weighted by molar-refractivity contribution is 7.89. The summed E-state index contributed by atoms with van der Waals surface area (Å²) < 4.78 is 26.9. The van der Waals surface area contributed by atoms with Gasteiger partial charge in [0.25, 0.3) is 0 Å². The summed E-state index contributed by atoms with van der Waals surface area (Å²) in [6, 6.07) is 10.1. The van der Waals surface area contributed by atoms with Crippen LogP contribution in [0.3, 0.4) is 0 Å². The Hall–Kier alpha value is -2.19. The monoisotopic (exact) mass is 416 g/mol. The van der Waals surface area contributed by atoms with Crippen LogP contribution < -0.4 is 0 Å². The molecule has 2 aromatic rings. The molecule has 2 fully saturated rings. The lowest BCUT2D eigenvalue weighted by Crippen LogP contribution is -2.43. The number of hydrogen-bond donors (Lipinski definition) is 1. The smallest absolute Gasteiger partial charge is 0.246 e. The summed E-state index contributed by atoms with van der Waals surface area (Å²) in [7, 11) is -3.50. The van der Waals surface area contributed by atoms with E-state index >= 15 is 0 Å². The molecule has 2 saturated heterocycles. The number of amides is 1. The lowest BCUT2D eigenvalue weighted by Gasteiger charge is -2.35. The molecule has 7 nitrogen and oxygen atoms in total. The molecule has 4 rings (SSSR count). The van der Waals surface area contributed by atoms with E-state index in [0.717, 1.165) is 44.2 Å². The number of likely N-dealkylation sites (tertiary alicyclic amines) is 1. The number of aromatic nitrogens is 2. The Labute approximate surface area is 172 Å². The van der Waals surface area contributed by atoms with Crippen molar-refractivity contribution in [2.24, 2.45) is 11.8 Å². The fraction of sp³-hybridized carbons (Fsp3) is 0.524. The van der Waals surface area contributed by atoms with Crippen molar-refractivity contribution in [1.82, 2.24) is 19.4 Å². The van der Waals surface area contributed by atoms with Crippen LogP contribution in [0.15, 0.2) is 47.6 Å². The topological polar surface area (TPSA) is 86.4 Å². The number of carbonyl (C=O) groups is 1. The Bertz CT molecular complexity index is 907. The third-order valence-electron chi connectivity index (χ3n) is 6.22. The van der Waals surface area contributed by atoms with Gasteiger partial charge in [0.15, 0.2) is 0 Å². The van der Waals surface area contributed by atoms with Gasteiger partial charge in [-0.2, -0.15) is 9.40 Å². The zero-order valence-corrected chi connectivity index (χ0v) is 17.4. The van der Waals surface area contributed by atoms with Gasteiger partial charge < -0.3 is 4.90 Å². The first-order valence-corrected chi connectivity index (χ1v) is 11.8. The van der Waals surface area contributed by atoms with Crippen LogP contribution in [0, 0.1) is 11.8 Å². The predicted molar refractivity (Wildman–Crippen MR) is 109 cm³/mol.